The van der Waals surface area contributed by atoms with Gasteiger partial charge in [0.25, 0.3) is 0 Å². The Labute approximate surface area is 103 Å². The third-order valence-electron chi connectivity index (χ3n) is 1.96. The predicted molar refractivity (Wildman–Crippen MR) is 63.9 cm³/mol. The number of thiophene rings is 1. The maximum absolute atomic E-state index is 11.5. The van der Waals surface area contributed by atoms with Gasteiger partial charge in [-0.15, -0.1) is 11.3 Å². The normalized spacial score (nSPS) is 10.1. The molecule has 1 heterocycles. The van der Waals surface area contributed by atoms with E-state index < -0.39 is 0 Å². The van der Waals surface area contributed by atoms with Crippen LogP contribution in [0.25, 0.3) is 0 Å². The van der Waals surface area contributed by atoms with Gasteiger partial charge in [0.2, 0.25) is 0 Å². The Morgan fingerprint density at radius 2 is 2.19 bits per heavy atom. The van der Waals surface area contributed by atoms with E-state index in [2.05, 4.69) is 0 Å². The first-order valence-electron chi connectivity index (χ1n) is 5.02. The van der Waals surface area contributed by atoms with Crippen molar-refractivity contribution >= 4 is 34.7 Å². The summed E-state index contributed by atoms with van der Waals surface area (Å²) in [6.07, 6.45) is 0.665. The Balaban J connectivity index is 2.32. The van der Waals surface area contributed by atoms with Crippen molar-refractivity contribution in [2.75, 3.05) is 6.61 Å². The second-order valence-electron chi connectivity index (χ2n) is 3.21. The highest BCUT2D eigenvalue weighted by Gasteiger charge is 2.11. The van der Waals surface area contributed by atoms with Crippen molar-refractivity contribution in [1.82, 2.24) is 0 Å². The van der Waals surface area contributed by atoms with Gasteiger partial charge in [0.1, 0.15) is 5.78 Å². The fourth-order valence-electron chi connectivity index (χ4n) is 1.19. The van der Waals surface area contributed by atoms with E-state index in [1.54, 1.807) is 13.0 Å². The summed E-state index contributed by atoms with van der Waals surface area (Å²) in [6.45, 7) is 2.09. The summed E-state index contributed by atoms with van der Waals surface area (Å²) in [6, 6.07) is 1.76. The van der Waals surface area contributed by atoms with E-state index >= 15 is 0 Å². The molecule has 0 unspecified atom stereocenters. The molecule has 16 heavy (non-hydrogen) atoms. The summed E-state index contributed by atoms with van der Waals surface area (Å²) in [5.74, 6) is -0.314. The van der Waals surface area contributed by atoms with E-state index in [0.717, 1.165) is 4.88 Å². The van der Waals surface area contributed by atoms with Crippen molar-refractivity contribution in [3.05, 3.63) is 21.3 Å². The lowest BCUT2D eigenvalue weighted by Gasteiger charge is -2.01. The van der Waals surface area contributed by atoms with E-state index in [1.807, 2.05) is 5.38 Å². The second-order valence-corrected chi connectivity index (χ2v) is 4.62. The lowest BCUT2D eigenvalue weighted by molar-refractivity contribution is -0.144. The third kappa shape index (κ3) is 4.33. The SMILES string of the molecule is CCOC(=O)CCC(=O)Cc1sccc1Cl. The molecule has 3 nitrogen and oxygen atoms in total. The summed E-state index contributed by atoms with van der Waals surface area (Å²) in [5, 5.41) is 2.46. The van der Waals surface area contributed by atoms with Crippen LogP contribution in [0.3, 0.4) is 0 Å². The first kappa shape index (κ1) is 13.2. The minimum atomic E-state index is -0.326. The number of esters is 1. The third-order valence-corrected chi connectivity index (χ3v) is 3.35. The van der Waals surface area contributed by atoms with Crippen LogP contribution in [0.4, 0.5) is 0 Å². The highest BCUT2D eigenvalue weighted by atomic mass is 35.5. The van der Waals surface area contributed by atoms with Crippen molar-refractivity contribution in [2.45, 2.75) is 26.2 Å². The average Bonchev–Trinajstić information content (AvgIpc) is 2.62. The number of carbonyl (C=O) groups excluding carboxylic acids is 2. The largest absolute Gasteiger partial charge is 0.466 e. The zero-order valence-electron chi connectivity index (χ0n) is 8.99. The molecule has 1 aromatic heterocycles. The summed E-state index contributed by atoms with van der Waals surface area (Å²) >= 11 is 7.32. The van der Waals surface area contributed by atoms with Crippen molar-refractivity contribution in [3.63, 3.8) is 0 Å². The van der Waals surface area contributed by atoms with Gasteiger partial charge in [-0.1, -0.05) is 11.6 Å². The maximum atomic E-state index is 11.5. The molecular formula is C11H13ClO3S. The number of Topliss-reactive ketones (excluding diaryl/α,β-unsaturated/α-hetero) is 1. The number of hydrogen-bond acceptors (Lipinski definition) is 4. The van der Waals surface area contributed by atoms with Crippen LogP contribution in [0.5, 0.6) is 0 Å². The summed E-state index contributed by atoms with van der Waals surface area (Å²) in [4.78, 5) is 23.4. The molecule has 0 spiro atoms. The molecular weight excluding hydrogens is 248 g/mol. The van der Waals surface area contributed by atoms with Gasteiger partial charge >= 0.3 is 5.97 Å². The number of rotatable bonds is 6. The minimum absolute atomic E-state index is 0.0115. The molecule has 1 aromatic rings. The van der Waals surface area contributed by atoms with E-state index in [4.69, 9.17) is 16.3 Å². The van der Waals surface area contributed by atoms with Crippen molar-refractivity contribution in [1.29, 1.82) is 0 Å². The maximum Gasteiger partial charge on any atom is 0.306 e. The smallest absolute Gasteiger partial charge is 0.306 e. The molecule has 0 aliphatic heterocycles. The van der Waals surface area contributed by atoms with Crippen molar-refractivity contribution < 1.29 is 14.3 Å². The second kappa shape index (κ2) is 6.66. The average molecular weight is 261 g/mol. The fourth-order valence-corrected chi connectivity index (χ4v) is 2.32. The quantitative estimate of drug-likeness (QED) is 0.739. The van der Waals surface area contributed by atoms with Crippen LogP contribution in [0.2, 0.25) is 5.02 Å². The molecule has 0 saturated heterocycles. The van der Waals surface area contributed by atoms with Gasteiger partial charge < -0.3 is 4.74 Å². The number of carbonyl (C=O) groups is 2. The Morgan fingerprint density at radius 1 is 1.44 bits per heavy atom. The molecule has 0 bridgehead atoms. The Bertz CT molecular complexity index is 373. The van der Waals surface area contributed by atoms with E-state index in [1.165, 1.54) is 11.3 Å². The van der Waals surface area contributed by atoms with Crippen LogP contribution in [0.15, 0.2) is 11.4 Å². The summed E-state index contributed by atoms with van der Waals surface area (Å²) in [5.41, 5.74) is 0. The van der Waals surface area contributed by atoms with Crippen LogP contribution in [0, 0.1) is 0 Å². The van der Waals surface area contributed by atoms with Crippen molar-refractivity contribution in [2.24, 2.45) is 0 Å². The highest BCUT2D eigenvalue weighted by Crippen LogP contribution is 2.23. The Morgan fingerprint density at radius 3 is 2.75 bits per heavy atom. The molecule has 0 amide bonds. The van der Waals surface area contributed by atoms with Crippen molar-refractivity contribution in [3.8, 4) is 0 Å². The summed E-state index contributed by atoms with van der Waals surface area (Å²) < 4.78 is 4.74. The predicted octanol–water partition coefficient (Wildman–Crippen LogP) is 2.86. The van der Waals surface area contributed by atoms with Crippen LogP contribution < -0.4 is 0 Å². The lowest BCUT2D eigenvalue weighted by atomic mass is 10.1. The zero-order chi connectivity index (χ0) is 12.0. The number of ketones is 1. The molecule has 0 saturated carbocycles. The number of halogens is 1. The van der Waals surface area contributed by atoms with Gasteiger partial charge in [0.05, 0.1) is 18.1 Å². The molecule has 0 aliphatic carbocycles. The van der Waals surface area contributed by atoms with Crippen LogP contribution >= 0.6 is 22.9 Å². The van der Waals surface area contributed by atoms with Gasteiger partial charge in [0, 0.05) is 17.7 Å². The zero-order valence-corrected chi connectivity index (χ0v) is 10.6. The first-order valence-corrected chi connectivity index (χ1v) is 6.28. The van der Waals surface area contributed by atoms with Gasteiger partial charge in [-0.25, -0.2) is 0 Å². The first-order chi connectivity index (χ1) is 7.63. The van der Waals surface area contributed by atoms with E-state index in [0.29, 0.717) is 18.1 Å². The number of hydrogen-bond donors (Lipinski definition) is 0. The van der Waals surface area contributed by atoms with Crippen LogP contribution in [0.1, 0.15) is 24.6 Å². The lowest BCUT2D eigenvalue weighted by Crippen LogP contribution is -2.09. The highest BCUT2D eigenvalue weighted by molar-refractivity contribution is 7.10. The van der Waals surface area contributed by atoms with E-state index in [-0.39, 0.29) is 24.6 Å². The molecule has 0 radical (unpaired) electrons. The van der Waals surface area contributed by atoms with Gasteiger partial charge in [0.15, 0.2) is 0 Å². The number of ether oxygens (including phenoxy) is 1. The van der Waals surface area contributed by atoms with Crippen LogP contribution in [-0.2, 0) is 20.7 Å². The van der Waals surface area contributed by atoms with Gasteiger partial charge in [-0.3, -0.25) is 9.59 Å². The molecule has 0 N–H and O–H groups in total. The van der Waals surface area contributed by atoms with Gasteiger partial charge in [-0.2, -0.15) is 0 Å². The Hall–Kier alpha value is -0.870. The molecule has 0 aliphatic rings. The monoisotopic (exact) mass is 260 g/mol. The molecule has 0 aromatic carbocycles. The van der Waals surface area contributed by atoms with E-state index in [9.17, 15) is 9.59 Å². The minimum Gasteiger partial charge on any atom is -0.466 e. The van der Waals surface area contributed by atoms with Gasteiger partial charge in [-0.05, 0) is 18.4 Å². The molecule has 0 fully saturated rings. The Kier molecular flexibility index (Phi) is 5.49. The molecule has 0 atom stereocenters. The summed E-state index contributed by atoms with van der Waals surface area (Å²) in [7, 11) is 0. The standard InChI is InChI=1S/C11H13ClO3S/c1-2-15-11(14)4-3-8(13)7-10-9(12)5-6-16-10/h5-6H,2-4,7H2,1H3. The molecule has 1 rings (SSSR count). The molecule has 88 valence electrons. The topological polar surface area (TPSA) is 43.4 Å². The molecule has 5 heteroatoms. The fraction of sp³-hybridized carbons (Fsp3) is 0.455. The van der Waals surface area contributed by atoms with Crippen LogP contribution in [-0.4, -0.2) is 18.4 Å².